The van der Waals surface area contributed by atoms with Gasteiger partial charge in [-0.15, -0.1) is 0 Å². The van der Waals surface area contributed by atoms with Crippen LogP contribution in [0.25, 0.3) is 0 Å². The van der Waals surface area contributed by atoms with Crippen LogP contribution >= 0.6 is 0 Å². The molecule has 1 aromatic heterocycles. The first-order valence-corrected chi connectivity index (χ1v) is 7.11. The highest BCUT2D eigenvalue weighted by atomic mass is 16.2. The van der Waals surface area contributed by atoms with Gasteiger partial charge in [0.2, 0.25) is 11.8 Å². The average molecular weight is 275 g/mol. The molecule has 0 aromatic carbocycles. The Balaban J connectivity index is 1.53. The lowest BCUT2D eigenvalue weighted by atomic mass is 10.2. The van der Waals surface area contributed by atoms with Crippen LogP contribution in [0.15, 0.2) is 24.4 Å². The molecule has 5 nitrogen and oxygen atoms in total. The Labute approximate surface area is 119 Å². The molecular weight excluding hydrogens is 254 g/mol. The molecule has 0 unspecified atom stereocenters. The molecule has 1 saturated carbocycles. The predicted octanol–water partition coefficient (Wildman–Crippen LogP) is 0.903. The average Bonchev–Trinajstić information content (AvgIpc) is 3.17. The van der Waals surface area contributed by atoms with Crippen LogP contribution in [-0.2, 0) is 16.0 Å². The maximum absolute atomic E-state index is 11.6. The van der Waals surface area contributed by atoms with E-state index >= 15 is 0 Å². The molecule has 0 spiro atoms. The molecule has 1 heterocycles. The summed E-state index contributed by atoms with van der Waals surface area (Å²) >= 11 is 0. The van der Waals surface area contributed by atoms with Gasteiger partial charge in [-0.1, -0.05) is 13.0 Å². The molecule has 0 saturated heterocycles. The first-order chi connectivity index (χ1) is 9.66. The third-order valence-corrected chi connectivity index (χ3v) is 3.53. The van der Waals surface area contributed by atoms with Crippen molar-refractivity contribution in [2.45, 2.75) is 26.2 Å². The van der Waals surface area contributed by atoms with E-state index in [1.54, 1.807) is 6.20 Å². The molecule has 0 radical (unpaired) electrons. The normalized spacial score (nSPS) is 20.2. The number of rotatable bonds is 7. The maximum atomic E-state index is 11.6. The van der Waals surface area contributed by atoms with Gasteiger partial charge in [-0.3, -0.25) is 14.6 Å². The Hall–Kier alpha value is -1.91. The zero-order chi connectivity index (χ0) is 14.4. The van der Waals surface area contributed by atoms with Crippen LogP contribution in [-0.4, -0.2) is 29.9 Å². The van der Waals surface area contributed by atoms with Gasteiger partial charge in [-0.05, 0) is 24.5 Å². The number of pyridine rings is 1. The lowest BCUT2D eigenvalue weighted by Crippen LogP contribution is -2.32. The molecule has 1 aliphatic carbocycles. The Morgan fingerprint density at radius 2 is 2.10 bits per heavy atom. The first kappa shape index (κ1) is 14.5. The summed E-state index contributed by atoms with van der Waals surface area (Å²) in [6.07, 6.45) is 3.77. The van der Waals surface area contributed by atoms with E-state index in [0.717, 1.165) is 18.5 Å². The second-order valence-corrected chi connectivity index (χ2v) is 5.28. The van der Waals surface area contributed by atoms with Crippen molar-refractivity contribution in [1.82, 2.24) is 15.6 Å². The molecule has 1 aromatic rings. The van der Waals surface area contributed by atoms with Gasteiger partial charge in [0.1, 0.15) is 0 Å². The maximum Gasteiger partial charge on any atom is 0.223 e. The SMILES string of the molecule is C[C@@H]1C[C@@H]1C(=O)NCCC(=O)NCCc1ccccn1. The van der Waals surface area contributed by atoms with Crippen molar-refractivity contribution in [1.29, 1.82) is 0 Å². The van der Waals surface area contributed by atoms with E-state index in [2.05, 4.69) is 22.5 Å². The van der Waals surface area contributed by atoms with E-state index in [1.165, 1.54) is 0 Å². The number of aromatic nitrogens is 1. The number of carbonyl (C=O) groups is 2. The van der Waals surface area contributed by atoms with Gasteiger partial charge in [0.15, 0.2) is 0 Å². The number of carbonyl (C=O) groups excluding carboxylic acids is 2. The highest BCUT2D eigenvalue weighted by molar-refractivity contribution is 5.82. The molecule has 1 aliphatic rings. The summed E-state index contributed by atoms with van der Waals surface area (Å²) in [6, 6.07) is 5.73. The van der Waals surface area contributed by atoms with Crippen LogP contribution in [0.4, 0.5) is 0 Å². The van der Waals surface area contributed by atoms with E-state index in [-0.39, 0.29) is 17.7 Å². The third kappa shape index (κ3) is 4.64. The van der Waals surface area contributed by atoms with E-state index in [4.69, 9.17) is 0 Å². The van der Waals surface area contributed by atoms with Crippen molar-refractivity contribution in [3.05, 3.63) is 30.1 Å². The van der Waals surface area contributed by atoms with Gasteiger partial charge in [0.05, 0.1) is 0 Å². The fraction of sp³-hybridized carbons (Fsp3) is 0.533. The number of hydrogen-bond acceptors (Lipinski definition) is 3. The Kier molecular flexibility index (Phi) is 5.09. The summed E-state index contributed by atoms with van der Waals surface area (Å²) in [7, 11) is 0. The lowest BCUT2D eigenvalue weighted by molar-refractivity contribution is -0.123. The molecule has 2 rings (SSSR count). The second kappa shape index (κ2) is 7.03. The first-order valence-electron chi connectivity index (χ1n) is 7.11. The molecule has 108 valence electrons. The molecule has 0 bridgehead atoms. The zero-order valence-electron chi connectivity index (χ0n) is 11.8. The molecule has 2 N–H and O–H groups in total. The minimum absolute atomic E-state index is 0.0370. The molecule has 20 heavy (non-hydrogen) atoms. The molecule has 5 heteroatoms. The van der Waals surface area contributed by atoms with E-state index < -0.39 is 0 Å². The summed E-state index contributed by atoms with van der Waals surface area (Å²) in [4.78, 5) is 27.3. The second-order valence-electron chi connectivity index (χ2n) is 5.28. The monoisotopic (exact) mass is 275 g/mol. The van der Waals surface area contributed by atoms with Crippen molar-refractivity contribution < 1.29 is 9.59 Å². The van der Waals surface area contributed by atoms with Crippen LogP contribution in [0.5, 0.6) is 0 Å². The number of hydrogen-bond donors (Lipinski definition) is 2. The lowest BCUT2D eigenvalue weighted by Gasteiger charge is -2.06. The minimum Gasteiger partial charge on any atom is -0.356 e. The van der Waals surface area contributed by atoms with Gasteiger partial charge in [-0.25, -0.2) is 0 Å². The van der Waals surface area contributed by atoms with Crippen molar-refractivity contribution in [3.63, 3.8) is 0 Å². The Bertz CT molecular complexity index is 461. The summed E-state index contributed by atoms with van der Waals surface area (Å²) in [6.45, 7) is 3.05. The van der Waals surface area contributed by atoms with Gasteiger partial charge in [0.25, 0.3) is 0 Å². The van der Waals surface area contributed by atoms with Gasteiger partial charge in [0, 0.05) is 43.7 Å². The van der Waals surface area contributed by atoms with Gasteiger partial charge < -0.3 is 10.6 Å². The minimum atomic E-state index is -0.0370. The van der Waals surface area contributed by atoms with E-state index in [1.807, 2.05) is 18.2 Å². The fourth-order valence-corrected chi connectivity index (χ4v) is 2.08. The Morgan fingerprint density at radius 1 is 1.30 bits per heavy atom. The number of nitrogens with one attached hydrogen (secondary N) is 2. The standard InChI is InChI=1S/C15H21N3O2/c1-11-10-13(11)15(20)18-9-6-14(19)17-8-5-12-4-2-3-7-16-12/h2-4,7,11,13H,5-6,8-10H2,1H3,(H,17,19)(H,18,20)/t11-,13+/m1/s1. The van der Waals surface area contributed by atoms with Gasteiger partial charge >= 0.3 is 0 Å². The smallest absolute Gasteiger partial charge is 0.223 e. The quantitative estimate of drug-likeness (QED) is 0.777. The highest BCUT2D eigenvalue weighted by Crippen LogP contribution is 2.37. The molecular formula is C15H21N3O2. The van der Waals surface area contributed by atoms with Crippen LogP contribution in [0.1, 0.15) is 25.5 Å². The van der Waals surface area contributed by atoms with Crippen molar-refractivity contribution >= 4 is 11.8 Å². The van der Waals surface area contributed by atoms with Crippen molar-refractivity contribution in [2.24, 2.45) is 11.8 Å². The van der Waals surface area contributed by atoms with Crippen LogP contribution in [0.2, 0.25) is 0 Å². The largest absolute Gasteiger partial charge is 0.356 e. The highest BCUT2D eigenvalue weighted by Gasteiger charge is 2.38. The number of nitrogens with zero attached hydrogens (tertiary/aromatic N) is 1. The van der Waals surface area contributed by atoms with Crippen molar-refractivity contribution in [2.75, 3.05) is 13.1 Å². The third-order valence-electron chi connectivity index (χ3n) is 3.53. The summed E-state index contributed by atoms with van der Waals surface area (Å²) in [5.41, 5.74) is 0.962. The zero-order valence-corrected chi connectivity index (χ0v) is 11.8. The van der Waals surface area contributed by atoms with Crippen LogP contribution in [0.3, 0.4) is 0 Å². The van der Waals surface area contributed by atoms with Crippen LogP contribution < -0.4 is 10.6 Å². The summed E-state index contributed by atoms with van der Waals surface area (Å²) < 4.78 is 0. The fourth-order valence-electron chi connectivity index (χ4n) is 2.08. The van der Waals surface area contributed by atoms with E-state index in [9.17, 15) is 9.59 Å². The molecule has 2 atom stereocenters. The van der Waals surface area contributed by atoms with Crippen LogP contribution in [0, 0.1) is 11.8 Å². The predicted molar refractivity (Wildman–Crippen MR) is 75.8 cm³/mol. The molecule has 2 amide bonds. The summed E-state index contributed by atoms with van der Waals surface area (Å²) in [5, 5.41) is 5.63. The van der Waals surface area contributed by atoms with E-state index in [0.29, 0.717) is 25.4 Å². The molecule has 0 aliphatic heterocycles. The summed E-state index contributed by atoms with van der Waals surface area (Å²) in [5.74, 6) is 0.716. The Morgan fingerprint density at radius 3 is 2.75 bits per heavy atom. The topological polar surface area (TPSA) is 71.1 Å². The molecule has 1 fully saturated rings. The van der Waals surface area contributed by atoms with Gasteiger partial charge in [-0.2, -0.15) is 0 Å². The number of amides is 2. The van der Waals surface area contributed by atoms with Crippen molar-refractivity contribution in [3.8, 4) is 0 Å².